The quantitative estimate of drug-likeness (QED) is 0.703. The van der Waals surface area contributed by atoms with Crippen LogP contribution in [0.25, 0.3) is 10.9 Å². The number of carbonyl (C=O) groups excluding carboxylic acids is 1. The Kier molecular flexibility index (Phi) is 6.01. The number of hydrogen-bond donors (Lipinski definition) is 1. The van der Waals surface area contributed by atoms with Gasteiger partial charge < -0.3 is 10.2 Å². The average molecular weight is 433 g/mol. The van der Waals surface area contributed by atoms with Crippen molar-refractivity contribution in [2.24, 2.45) is 0 Å². The number of carbonyl (C=O) groups is 1. The zero-order valence-corrected chi connectivity index (χ0v) is 17.5. The maximum absolute atomic E-state index is 12.9. The van der Waals surface area contributed by atoms with Crippen molar-refractivity contribution in [2.45, 2.75) is 69.9 Å². The third-order valence-corrected chi connectivity index (χ3v) is 6.62. The van der Waals surface area contributed by atoms with Gasteiger partial charge in [0, 0.05) is 24.5 Å². The molecule has 4 rings (SSSR count). The molecule has 2 amide bonds. The number of benzene rings is 1. The summed E-state index contributed by atoms with van der Waals surface area (Å²) >= 11 is 3.58. The molecule has 1 N–H and O–H groups in total. The van der Waals surface area contributed by atoms with Gasteiger partial charge >= 0.3 is 6.03 Å². The van der Waals surface area contributed by atoms with E-state index >= 15 is 0 Å². The summed E-state index contributed by atoms with van der Waals surface area (Å²) in [6, 6.07) is 8.98. The second kappa shape index (κ2) is 8.63. The summed E-state index contributed by atoms with van der Waals surface area (Å²) < 4.78 is 2.99. The molecule has 0 bridgehead atoms. The minimum atomic E-state index is 0.112. The smallest absolute Gasteiger partial charge is 0.317 e. The Morgan fingerprint density at radius 3 is 2.59 bits per heavy atom. The van der Waals surface area contributed by atoms with Crippen molar-refractivity contribution in [3.05, 3.63) is 28.9 Å². The first-order valence-corrected chi connectivity index (χ1v) is 11.2. The van der Waals surface area contributed by atoms with Crippen molar-refractivity contribution in [1.29, 1.82) is 0 Å². The van der Waals surface area contributed by atoms with E-state index in [4.69, 9.17) is 5.10 Å². The number of nitrogens with zero attached hydrogens (tertiary/aromatic N) is 3. The van der Waals surface area contributed by atoms with E-state index in [0.717, 1.165) is 54.3 Å². The Hall–Kier alpha value is -1.56. The second-order valence-corrected chi connectivity index (χ2v) is 8.74. The first-order valence-electron chi connectivity index (χ1n) is 10.4. The largest absolute Gasteiger partial charge is 0.335 e. The minimum absolute atomic E-state index is 0.112. The molecule has 2 aliphatic rings. The van der Waals surface area contributed by atoms with Gasteiger partial charge in [0.25, 0.3) is 0 Å². The van der Waals surface area contributed by atoms with Crippen molar-refractivity contribution < 1.29 is 4.79 Å². The van der Waals surface area contributed by atoms with E-state index in [1.54, 1.807) is 0 Å². The topological polar surface area (TPSA) is 50.2 Å². The Balaban J connectivity index is 1.43. The molecule has 1 aliphatic heterocycles. The number of urea groups is 1. The van der Waals surface area contributed by atoms with Crippen LogP contribution in [0.3, 0.4) is 0 Å². The van der Waals surface area contributed by atoms with Crippen LogP contribution in [-0.2, 0) is 0 Å². The number of piperidine rings is 1. The number of nitrogens with one attached hydrogen (secondary N) is 1. The summed E-state index contributed by atoms with van der Waals surface area (Å²) in [6.45, 7) is 1.58. The fourth-order valence-electron chi connectivity index (χ4n) is 4.53. The van der Waals surface area contributed by atoms with Gasteiger partial charge in [0.15, 0.2) is 0 Å². The van der Waals surface area contributed by atoms with Crippen LogP contribution < -0.4 is 5.32 Å². The van der Waals surface area contributed by atoms with Gasteiger partial charge in [0.05, 0.1) is 11.6 Å². The highest BCUT2D eigenvalue weighted by Crippen LogP contribution is 2.29. The third-order valence-electron chi connectivity index (χ3n) is 6.03. The van der Waals surface area contributed by atoms with Crippen LogP contribution in [0.15, 0.2) is 28.9 Å². The van der Waals surface area contributed by atoms with Crippen LogP contribution in [0.2, 0.25) is 0 Å². The number of para-hydroxylation sites is 1. The molecule has 2 aromatic rings. The maximum atomic E-state index is 12.9. The fraction of sp³-hybridized carbons (Fsp3) is 0.619. The molecule has 1 aromatic heterocycles. The lowest BCUT2D eigenvalue weighted by molar-refractivity contribution is 0.159. The molecule has 1 unspecified atom stereocenters. The monoisotopic (exact) mass is 432 g/mol. The zero-order valence-electron chi connectivity index (χ0n) is 15.9. The minimum Gasteiger partial charge on any atom is -0.335 e. The van der Waals surface area contributed by atoms with E-state index in [0.29, 0.717) is 6.04 Å². The number of fused-ring (bicyclic) bond motifs is 1. The van der Waals surface area contributed by atoms with Gasteiger partial charge in [-0.3, -0.25) is 4.68 Å². The molecular formula is C21H29BrN4O. The van der Waals surface area contributed by atoms with E-state index in [1.165, 1.54) is 32.1 Å². The standard InChI is InChI=1S/C21H29BrN4O/c22-20-18-12-6-7-13-19(18)26(24-20)17-11-8-14-25(15-17)21(27)23-16-9-4-2-1-3-5-10-16/h6-7,12-13,16-17H,1-5,8-11,14-15H2,(H,23,27). The van der Waals surface area contributed by atoms with Gasteiger partial charge in [-0.2, -0.15) is 5.10 Å². The fourth-order valence-corrected chi connectivity index (χ4v) is 5.04. The molecular weight excluding hydrogens is 404 g/mol. The predicted molar refractivity (Wildman–Crippen MR) is 112 cm³/mol. The van der Waals surface area contributed by atoms with E-state index in [1.807, 2.05) is 11.0 Å². The molecule has 0 spiro atoms. The number of rotatable bonds is 2. The summed E-state index contributed by atoms with van der Waals surface area (Å²) in [5.41, 5.74) is 1.14. The predicted octanol–water partition coefficient (Wildman–Crippen LogP) is 5.26. The highest BCUT2D eigenvalue weighted by Gasteiger charge is 2.28. The second-order valence-electron chi connectivity index (χ2n) is 7.99. The summed E-state index contributed by atoms with van der Waals surface area (Å²) in [7, 11) is 0. The SMILES string of the molecule is O=C(NC1CCCCCCC1)N1CCCC(n2nc(Br)c3ccccc32)C1. The van der Waals surface area contributed by atoms with Crippen LogP contribution in [-0.4, -0.2) is 39.8 Å². The van der Waals surface area contributed by atoms with Gasteiger partial charge in [0.2, 0.25) is 0 Å². The Bertz CT molecular complexity index is 782. The molecule has 1 aromatic carbocycles. The lowest BCUT2D eigenvalue weighted by atomic mass is 9.97. The van der Waals surface area contributed by atoms with E-state index in [9.17, 15) is 4.79 Å². The van der Waals surface area contributed by atoms with Gasteiger partial charge in [-0.1, -0.05) is 50.3 Å². The van der Waals surface area contributed by atoms with E-state index in [2.05, 4.69) is 44.1 Å². The molecule has 1 atom stereocenters. The summed E-state index contributed by atoms with van der Waals surface area (Å²) in [6.07, 6.45) is 10.8. The first kappa shape index (κ1) is 18.8. The van der Waals surface area contributed by atoms with Crippen molar-refractivity contribution >= 4 is 32.9 Å². The van der Waals surface area contributed by atoms with Gasteiger partial charge in [-0.25, -0.2) is 4.79 Å². The van der Waals surface area contributed by atoms with E-state index in [-0.39, 0.29) is 12.1 Å². The molecule has 6 heteroatoms. The molecule has 0 radical (unpaired) electrons. The van der Waals surface area contributed by atoms with Crippen molar-refractivity contribution in [3.63, 3.8) is 0 Å². The van der Waals surface area contributed by atoms with Crippen molar-refractivity contribution in [3.8, 4) is 0 Å². The van der Waals surface area contributed by atoms with Gasteiger partial charge in [-0.05, 0) is 47.7 Å². The summed E-state index contributed by atoms with van der Waals surface area (Å²) in [4.78, 5) is 14.9. The normalized spacial score (nSPS) is 22.4. The Morgan fingerprint density at radius 2 is 1.78 bits per heavy atom. The zero-order chi connectivity index (χ0) is 18.6. The Labute approximate surface area is 169 Å². The van der Waals surface area contributed by atoms with Gasteiger partial charge in [0.1, 0.15) is 4.60 Å². The molecule has 5 nitrogen and oxygen atoms in total. The molecule has 2 fully saturated rings. The van der Waals surface area contributed by atoms with Crippen LogP contribution in [0.4, 0.5) is 4.79 Å². The van der Waals surface area contributed by atoms with Crippen LogP contribution in [0, 0.1) is 0 Å². The molecule has 2 heterocycles. The lowest BCUT2D eigenvalue weighted by Gasteiger charge is -2.34. The Morgan fingerprint density at radius 1 is 1.04 bits per heavy atom. The number of hydrogen-bond acceptors (Lipinski definition) is 2. The first-order chi connectivity index (χ1) is 13.2. The lowest BCUT2D eigenvalue weighted by Crippen LogP contribution is -2.49. The highest BCUT2D eigenvalue weighted by molar-refractivity contribution is 9.10. The van der Waals surface area contributed by atoms with Crippen molar-refractivity contribution in [2.75, 3.05) is 13.1 Å². The number of aromatic nitrogens is 2. The molecule has 1 saturated heterocycles. The van der Waals surface area contributed by atoms with Gasteiger partial charge in [-0.15, -0.1) is 0 Å². The summed E-state index contributed by atoms with van der Waals surface area (Å²) in [5, 5.41) is 9.17. The molecule has 27 heavy (non-hydrogen) atoms. The van der Waals surface area contributed by atoms with E-state index < -0.39 is 0 Å². The number of likely N-dealkylation sites (tertiary alicyclic amines) is 1. The average Bonchev–Trinajstić information content (AvgIpc) is 3.01. The number of halogens is 1. The highest BCUT2D eigenvalue weighted by atomic mass is 79.9. The van der Waals surface area contributed by atoms with Crippen LogP contribution >= 0.6 is 15.9 Å². The third kappa shape index (κ3) is 4.31. The molecule has 146 valence electrons. The number of amides is 2. The molecule has 1 aliphatic carbocycles. The van der Waals surface area contributed by atoms with Crippen molar-refractivity contribution in [1.82, 2.24) is 20.0 Å². The van der Waals surface area contributed by atoms with Crippen LogP contribution in [0.5, 0.6) is 0 Å². The summed E-state index contributed by atoms with van der Waals surface area (Å²) in [5.74, 6) is 0. The van der Waals surface area contributed by atoms with Crippen LogP contribution in [0.1, 0.15) is 63.8 Å². The maximum Gasteiger partial charge on any atom is 0.317 e. The molecule has 1 saturated carbocycles.